The van der Waals surface area contributed by atoms with Crippen LogP contribution in [0.3, 0.4) is 0 Å². The first kappa shape index (κ1) is 25.2. The predicted molar refractivity (Wildman–Crippen MR) is 126 cm³/mol. The van der Waals surface area contributed by atoms with Crippen LogP contribution in [0, 0.1) is 11.7 Å². The van der Waals surface area contributed by atoms with Crippen molar-refractivity contribution in [2.45, 2.75) is 32.0 Å². The molecule has 0 radical (unpaired) electrons. The molecule has 2 aromatic carbocycles. The lowest BCUT2D eigenvalue weighted by Gasteiger charge is -2.45. The molecule has 3 saturated heterocycles. The molecule has 2 aromatic rings. The first-order chi connectivity index (χ1) is 13.6. The van der Waals surface area contributed by atoms with Crippen LogP contribution < -0.4 is 14.8 Å². The van der Waals surface area contributed by atoms with Gasteiger partial charge in [-0.05, 0) is 83.2 Å². The van der Waals surface area contributed by atoms with Crippen LogP contribution in [-0.4, -0.2) is 37.7 Å². The summed E-state index contributed by atoms with van der Waals surface area (Å²) in [7, 11) is 1.65. The summed E-state index contributed by atoms with van der Waals surface area (Å²) in [5.74, 6) is 1.91. The molecule has 0 amide bonds. The number of nitrogens with one attached hydrogen (secondary N) is 1. The maximum absolute atomic E-state index is 13.1. The summed E-state index contributed by atoms with van der Waals surface area (Å²) in [5.41, 5.74) is 2.07. The van der Waals surface area contributed by atoms with E-state index in [1.807, 2.05) is 6.07 Å². The quantitative estimate of drug-likeness (QED) is 0.542. The Kier molecular flexibility index (Phi) is 9.69. The number of ether oxygens (including phenoxy) is 2. The fraction of sp³-hybridized carbons (Fsp3) is 0.455. The van der Waals surface area contributed by atoms with E-state index >= 15 is 0 Å². The molecule has 3 fully saturated rings. The second kappa shape index (κ2) is 11.5. The van der Waals surface area contributed by atoms with Gasteiger partial charge < -0.3 is 19.7 Å². The Labute approximate surface area is 198 Å². The summed E-state index contributed by atoms with van der Waals surface area (Å²) in [4.78, 5) is 2.56. The van der Waals surface area contributed by atoms with Crippen molar-refractivity contribution in [2.75, 3.05) is 26.7 Å². The van der Waals surface area contributed by atoms with E-state index in [-0.39, 0.29) is 30.6 Å². The second-order valence-electron chi connectivity index (χ2n) is 7.65. The van der Waals surface area contributed by atoms with Crippen LogP contribution in [0.4, 0.5) is 4.39 Å². The van der Waals surface area contributed by atoms with Crippen LogP contribution in [0.1, 0.15) is 24.0 Å². The zero-order valence-electron chi connectivity index (χ0n) is 16.9. The van der Waals surface area contributed by atoms with Crippen LogP contribution in [0.5, 0.6) is 11.5 Å². The van der Waals surface area contributed by atoms with E-state index in [1.165, 1.54) is 38.1 Å². The Morgan fingerprint density at radius 1 is 1.10 bits per heavy atom. The minimum atomic E-state index is -0.248. The minimum absolute atomic E-state index is 0. The molecular weight excluding hydrogens is 494 g/mol. The number of nitrogens with zero attached hydrogens (tertiary/aromatic N) is 1. The third kappa shape index (κ3) is 6.01. The van der Waals surface area contributed by atoms with Crippen molar-refractivity contribution >= 4 is 40.7 Å². The highest BCUT2D eigenvalue weighted by atomic mass is 79.9. The van der Waals surface area contributed by atoms with Crippen molar-refractivity contribution in [2.24, 2.45) is 5.92 Å². The third-order valence-electron chi connectivity index (χ3n) is 5.81. The van der Waals surface area contributed by atoms with Gasteiger partial charge in [-0.2, -0.15) is 0 Å². The fourth-order valence-corrected chi connectivity index (χ4v) is 4.80. The van der Waals surface area contributed by atoms with Gasteiger partial charge in [-0.3, -0.25) is 0 Å². The molecule has 0 aliphatic carbocycles. The smallest absolute Gasteiger partial charge is 0.175 e. The Morgan fingerprint density at radius 2 is 1.80 bits per heavy atom. The van der Waals surface area contributed by atoms with Gasteiger partial charge in [0.05, 0.1) is 11.6 Å². The van der Waals surface area contributed by atoms with Crippen molar-refractivity contribution in [1.82, 2.24) is 10.2 Å². The molecule has 2 bridgehead atoms. The van der Waals surface area contributed by atoms with E-state index in [0.717, 1.165) is 34.6 Å². The van der Waals surface area contributed by atoms with Crippen LogP contribution in [0.2, 0.25) is 0 Å². The number of benzene rings is 2. The molecule has 30 heavy (non-hydrogen) atoms. The number of piperidine rings is 3. The Bertz CT molecular complexity index is 818. The van der Waals surface area contributed by atoms with E-state index in [0.29, 0.717) is 24.1 Å². The molecule has 0 saturated carbocycles. The molecule has 0 aromatic heterocycles. The standard InChI is InChI=1S/C22H26BrFN2O2.2ClH/c1-27-21-11-16(12-25-20-13-26-8-6-17(20)7-9-26)10-19(23)22(21)28-14-15-2-4-18(24)5-3-15;;/h2-5,10-11,17,20,25H,6-9,12-14H2,1H3;2*1H. The maximum Gasteiger partial charge on any atom is 0.175 e. The van der Waals surface area contributed by atoms with E-state index in [1.54, 1.807) is 19.2 Å². The summed E-state index contributed by atoms with van der Waals surface area (Å²) in [6.45, 7) is 4.82. The highest BCUT2D eigenvalue weighted by Crippen LogP contribution is 2.37. The first-order valence-corrected chi connectivity index (χ1v) is 10.6. The zero-order chi connectivity index (χ0) is 19.5. The van der Waals surface area contributed by atoms with E-state index in [2.05, 4.69) is 32.2 Å². The second-order valence-corrected chi connectivity index (χ2v) is 8.50. The highest BCUT2D eigenvalue weighted by Gasteiger charge is 2.33. The summed E-state index contributed by atoms with van der Waals surface area (Å²) in [6.07, 6.45) is 2.61. The van der Waals surface area contributed by atoms with Gasteiger partial charge >= 0.3 is 0 Å². The monoisotopic (exact) mass is 520 g/mol. The van der Waals surface area contributed by atoms with Crippen molar-refractivity contribution in [1.29, 1.82) is 0 Å². The molecule has 166 valence electrons. The zero-order valence-corrected chi connectivity index (χ0v) is 20.1. The van der Waals surface area contributed by atoms with Crippen molar-refractivity contribution in [3.63, 3.8) is 0 Å². The van der Waals surface area contributed by atoms with Gasteiger partial charge in [0.15, 0.2) is 11.5 Å². The topological polar surface area (TPSA) is 33.7 Å². The van der Waals surface area contributed by atoms with Crippen LogP contribution in [-0.2, 0) is 13.2 Å². The molecule has 8 heteroatoms. The Hall–Kier alpha value is -1.05. The van der Waals surface area contributed by atoms with Crippen molar-refractivity contribution in [3.8, 4) is 11.5 Å². The van der Waals surface area contributed by atoms with Crippen LogP contribution in [0.15, 0.2) is 40.9 Å². The lowest BCUT2D eigenvalue weighted by Crippen LogP contribution is -2.55. The normalized spacial score (nSPS) is 22.0. The summed E-state index contributed by atoms with van der Waals surface area (Å²) >= 11 is 3.62. The average Bonchev–Trinajstić information content (AvgIpc) is 2.73. The summed E-state index contributed by atoms with van der Waals surface area (Å²) in [5, 5.41) is 3.74. The van der Waals surface area contributed by atoms with Gasteiger partial charge in [0, 0.05) is 19.1 Å². The van der Waals surface area contributed by atoms with Gasteiger partial charge in [0.1, 0.15) is 12.4 Å². The van der Waals surface area contributed by atoms with Gasteiger partial charge in [0.2, 0.25) is 0 Å². The van der Waals surface area contributed by atoms with Crippen molar-refractivity contribution in [3.05, 3.63) is 57.8 Å². The van der Waals surface area contributed by atoms with Gasteiger partial charge in [-0.1, -0.05) is 12.1 Å². The van der Waals surface area contributed by atoms with Gasteiger partial charge in [-0.15, -0.1) is 24.8 Å². The molecule has 3 heterocycles. The van der Waals surface area contributed by atoms with Gasteiger partial charge in [-0.25, -0.2) is 4.39 Å². The molecule has 5 rings (SSSR count). The molecular formula is C22H28BrCl2FN2O2. The number of halogens is 4. The lowest BCUT2D eigenvalue weighted by atomic mass is 9.84. The SMILES string of the molecule is COc1cc(CNC2CN3CCC2CC3)cc(Br)c1OCc1ccc(F)cc1.Cl.Cl. The van der Waals surface area contributed by atoms with Crippen LogP contribution >= 0.6 is 40.7 Å². The summed E-state index contributed by atoms with van der Waals surface area (Å²) < 4.78 is 25.4. The number of fused-ring (bicyclic) bond motifs is 3. The molecule has 3 aliphatic heterocycles. The number of rotatable bonds is 7. The fourth-order valence-electron chi connectivity index (χ4n) is 4.20. The highest BCUT2D eigenvalue weighted by molar-refractivity contribution is 9.10. The average molecular weight is 522 g/mol. The summed E-state index contributed by atoms with van der Waals surface area (Å²) in [6, 6.07) is 11.0. The first-order valence-electron chi connectivity index (χ1n) is 9.82. The predicted octanol–water partition coefficient (Wildman–Crippen LogP) is 5.20. The van der Waals surface area contributed by atoms with Crippen LogP contribution in [0.25, 0.3) is 0 Å². The Morgan fingerprint density at radius 3 is 2.40 bits per heavy atom. The van der Waals surface area contributed by atoms with E-state index in [9.17, 15) is 4.39 Å². The molecule has 4 nitrogen and oxygen atoms in total. The van der Waals surface area contributed by atoms with E-state index < -0.39 is 0 Å². The minimum Gasteiger partial charge on any atom is -0.493 e. The molecule has 3 aliphatic rings. The largest absolute Gasteiger partial charge is 0.493 e. The third-order valence-corrected chi connectivity index (χ3v) is 6.40. The van der Waals surface area contributed by atoms with E-state index in [4.69, 9.17) is 9.47 Å². The molecule has 1 atom stereocenters. The maximum atomic E-state index is 13.1. The number of hydrogen-bond donors (Lipinski definition) is 1. The lowest BCUT2D eigenvalue weighted by molar-refractivity contribution is 0.0720. The number of methoxy groups -OCH3 is 1. The van der Waals surface area contributed by atoms with Crippen molar-refractivity contribution < 1.29 is 13.9 Å². The van der Waals surface area contributed by atoms with Gasteiger partial charge in [0.25, 0.3) is 0 Å². The number of hydrogen-bond acceptors (Lipinski definition) is 4. The molecule has 0 spiro atoms. The molecule has 1 N–H and O–H groups in total. The Balaban J connectivity index is 0.00000160. The molecule has 1 unspecified atom stereocenters.